The van der Waals surface area contributed by atoms with Gasteiger partial charge in [0.15, 0.2) is 0 Å². The van der Waals surface area contributed by atoms with E-state index in [1.54, 1.807) is 30.3 Å². The van der Waals surface area contributed by atoms with Crippen LogP contribution in [-0.4, -0.2) is 74.6 Å². The van der Waals surface area contributed by atoms with Crippen molar-refractivity contribution >= 4 is 27.7 Å². The molecule has 3 amide bonds. The van der Waals surface area contributed by atoms with E-state index in [-0.39, 0.29) is 48.0 Å². The van der Waals surface area contributed by atoms with Gasteiger partial charge in [0, 0.05) is 58.0 Å². The molecular weight excluding hydrogens is 444 g/mol. The van der Waals surface area contributed by atoms with Crippen molar-refractivity contribution in [3.63, 3.8) is 0 Å². The SMILES string of the molecule is O=C1CCN(S(=O)(=O)c2ccccc2)CCCC(C(=O)NCCCN2CCCC2=O)CCN1. The first-order chi connectivity index (χ1) is 15.9. The topological polar surface area (TPSA) is 116 Å². The maximum Gasteiger partial charge on any atom is 0.243 e. The highest BCUT2D eigenvalue weighted by Gasteiger charge is 2.27. The lowest BCUT2D eigenvalue weighted by molar-refractivity contribution is -0.127. The molecule has 0 saturated carbocycles. The van der Waals surface area contributed by atoms with Crippen molar-refractivity contribution in [3.05, 3.63) is 30.3 Å². The van der Waals surface area contributed by atoms with Crippen LogP contribution in [-0.2, 0) is 24.4 Å². The second-order valence-electron chi connectivity index (χ2n) is 8.57. The fourth-order valence-corrected chi connectivity index (χ4v) is 5.78. The van der Waals surface area contributed by atoms with Crippen LogP contribution in [0, 0.1) is 5.92 Å². The van der Waals surface area contributed by atoms with E-state index in [9.17, 15) is 22.8 Å². The largest absolute Gasteiger partial charge is 0.356 e. The molecule has 9 nitrogen and oxygen atoms in total. The average Bonchev–Trinajstić information content (AvgIpc) is 3.20. The molecule has 1 unspecified atom stereocenters. The van der Waals surface area contributed by atoms with Gasteiger partial charge >= 0.3 is 0 Å². The Kier molecular flexibility index (Phi) is 9.25. The Morgan fingerprint density at radius 1 is 1.03 bits per heavy atom. The van der Waals surface area contributed by atoms with Crippen LogP contribution < -0.4 is 10.6 Å². The summed E-state index contributed by atoms with van der Waals surface area (Å²) in [6, 6.07) is 8.20. The van der Waals surface area contributed by atoms with Gasteiger partial charge in [-0.25, -0.2) is 8.42 Å². The molecule has 2 fully saturated rings. The van der Waals surface area contributed by atoms with E-state index < -0.39 is 10.0 Å². The van der Waals surface area contributed by atoms with Crippen LogP contribution >= 0.6 is 0 Å². The molecule has 1 aromatic carbocycles. The number of hydrogen-bond acceptors (Lipinski definition) is 5. The molecule has 2 N–H and O–H groups in total. The molecule has 0 bridgehead atoms. The average molecular weight is 479 g/mol. The van der Waals surface area contributed by atoms with Crippen molar-refractivity contribution in [2.24, 2.45) is 5.92 Å². The molecule has 2 aliphatic rings. The van der Waals surface area contributed by atoms with Gasteiger partial charge in [-0.05, 0) is 44.2 Å². The highest BCUT2D eigenvalue weighted by molar-refractivity contribution is 7.89. The molecule has 182 valence electrons. The van der Waals surface area contributed by atoms with Gasteiger partial charge in [-0.3, -0.25) is 14.4 Å². The summed E-state index contributed by atoms with van der Waals surface area (Å²) in [4.78, 5) is 38.7. The van der Waals surface area contributed by atoms with Crippen LogP contribution in [0.1, 0.15) is 44.9 Å². The van der Waals surface area contributed by atoms with Crippen LogP contribution in [0.25, 0.3) is 0 Å². The number of carbonyl (C=O) groups is 3. The Bertz CT molecular complexity index is 922. The third-order valence-corrected chi connectivity index (χ3v) is 8.10. The molecule has 10 heteroatoms. The second-order valence-corrected chi connectivity index (χ2v) is 10.5. The molecule has 0 aromatic heterocycles. The molecule has 3 rings (SSSR count). The van der Waals surface area contributed by atoms with Crippen LogP contribution in [0.4, 0.5) is 0 Å². The van der Waals surface area contributed by atoms with Crippen molar-refractivity contribution in [3.8, 4) is 0 Å². The molecule has 33 heavy (non-hydrogen) atoms. The van der Waals surface area contributed by atoms with E-state index in [2.05, 4.69) is 10.6 Å². The summed E-state index contributed by atoms with van der Waals surface area (Å²) in [6.07, 6.45) is 3.86. The summed E-state index contributed by atoms with van der Waals surface area (Å²) in [5.41, 5.74) is 0. The maximum absolute atomic E-state index is 13.1. The Balaban J connectivity index is 1.55. The van der Waals surface area contributed by atoms with Crippen LogP contribution in [0.3, 0.4) is 0 Å². The van der Waals surface area contributed by atoms with Gasteiger partial charge in [-0.2, -0.15) is 4.31 Å². The van der Waals surface area contributed by atoms with Gasteiger partial charge in [0.05, 0.1) is 4.90 Å². The second kappa shape index (κ2) is 12.1. The van der Waals surface area contributed by atoms with E-state index >= 15 is 0 Å². The summed E-state index contributed by atoms with van der Waals surface area (Å²) in [7, 11) is -3.71. The molecule has 0 spiro atoms. The van der Waals surface area contributed by atoms with Crippen molar-refractivity contribution in [2.75, 3.05) is 39.3 Å². The zero-order valence-electron chi connectivity index (χ0n) is 19.0. The first-order valence-corrected chi connectivity index (χ1v) is 13.2. The number of amides is 3. The van der Waals surface area contributed by atoms with E-state index in [1.807, 2.05) is 4.90 Å². The van der Waals surface area contributed by atoms with E-state index in [4.69, 9.17) is 0 Å². The molecule has 2 saturated heterocycles. The number of hydrogen-bond donors (Lipinski definition) is 2. The summed E-state index contributed by atoms with van der Waals surface area (Å²) in [6.45, 7) is 2.66. The molecule has 2 heterocycles. The number of benzene rings is 1. The third-order valence-electron chi connectivity index (χ3n) is 6.19. The summed E-state index contributed by atoms with van der Waals surface area (Å²) in [5, 5.41) is 5.75. The lowest BCUT2D eigenvalue weighted by Gasteiger charge is -2.22. The van der Waals surface area contributed by atoms with Gasteiger partial charge in [0.25, 0.3) is 0 Å². The number of carbonyl (C=O) groups excluding carboxylic acids is 3. The number of likely N-dealkylation sites (tertiary alicyclic amines) is 1. The van der Waals surface area contributed by atoms with Crippen molar-refractivity contribution in [1.29, 1.82) is 0 Å². The molecule has 1 atom stereocenters. The van der Waals surface area contributed by atoms with Crippen molar-refractivity contribution in [2.45, 2.75) is 49.8 Å². The Morgan fingerprint density at radius 3 is 2.55 bits per heavy atom. The zero-order valence-corrected chi connectivity index (χ0v) is 19.8. The molecular formula is C23H34N4O5S. The number of nitrogens with one attached hydrogen (secondary N) is 2. The lowest BCUT2D eigenvalue weighted by Crippen LogP contribution is -2.36. The van der Waals surface area contributed by atoms with Crippen molar-refractivity contribution < 1.29 is 22.8 Å². The smallest absolute Gasteiger partial charge is 0.243 e. The third kappa shape index (κ3) is 7.26. The minimum atomic E-state index is -3.71. The predicted octanol–water partition coefficient (Wildman–Crippen LogP) is 1.11. The van der Waals surface area contributed by atoms with Gasteiger partial charge in [0.1, 0.15) is 0 Å². The summed E-state index contributed by atoms with van der Waals surface area (Å²) < 4.78 is 27.4. The fourth-order valence-electron chi connectivity index (χ4n) is 4.28. The predicted molar refractivity (Wildman–Crippen MR) is 124 cm³/mol. The van der Waals surface area contributed by atoms with E-state index in [0.29, 0.717) is 51.7 Å². The fraction of sp³-hybridized carbons (Fsp3) is 0.609. The zero-order chi connectivity index (χ0) is 23.7. The minimum Gasteiger partial charge on any atom is -0.356 e. The van der Waals surface area contributed by atoms with Crippen molar-refractivity contribution in [1.82, 2.24) is 19.8 Å². The number of nitrogens with zero attached hydrogens (tertiary/aromatic N) is 2. The Labute approximate surface area is 195 Å². The first-order valence-electron chi connectivity index (χ1n) is 11.8. The first kappa shape index (κ1) is 25.2. The summed E-state index contributed by atoms with van der Waals surface area (Å²) in [5.74, 6) is -0.443. The standard InChI is InChI=1S/C23H34N4O5S/c28-21-12-18-27(33(31,32)20-8-2-1-3-9-20)17-4-7-19(11-14-24-21)23(30)25-13-6-16-26-15-5-10-22(26)29/h1-3,8-9,19H,4-7,10-18H2,(H,24,28)(H,25,30). The highest BCUT2D eigenvalue weighted by Crippen LogP contribution is 2.19. The quantitative estimate of drug-likeness (QED) is 0.570. The van der Waals surface area contributed by atoms with Gasteiger partial charge < -0.3 is 15.5 Å². The minimum absolute atomic E-state index is 0.0815. The van der Waals surface area contributed by atoms with E-state index in [1.165, 1.54) is 4.31 Å². The highest BCUT2D eigenvalue weighted by atomic mass is 32.2. The number of rotatable bonds is 7. The molecule has 2 aliphatic heterocycles. The number of sulfonamides is 1. The lowest BCUT2D eigenvalue weighted by atomic mass is 9.98. The Hall–Kier alpha value is -2.46. The van der Waals surface area contributed by atoms with Crippen LogP contribution in [0.5, 0.6) is 0 Å². The van der Waals surface area contributed by atoms with Crippen LogP contribution in [0.15, 0.2) is 35.2 Å². The van der Waals surface area contributed by atoms with Gasteiger partial charge in [0.2, 0.25) is 27.7 Å². The van der Waals surface area contributed by atoms with Crippen LogP contribution in [0.2, 0.25) is 0 Å². The molecule has 1 aromatic rings. The van der Waals surface area contributed by atoms with Gasteiger partial charge in [-0.1, -0.05) is 18.2 Å². The van der Waals surface area contributed by atoms with E-state index in [0.717, 1.165) is 13.0 Å². The molecule has 0 aliphatic carbocycles. The summed E-state index contributed by atoms with van der Waals surface area (Å²) >= 11 is 0. The maximum atomic E-state index is 13.1. The van der Waals surface area contributed by atoms with Gasteiger partial charge in [-0.15, -0.1) is 0 Å². The Morgan fingerprint density at radius 2 is 1.82 bits per heavy atom. The monoisotopic (exact) mass is 478 g/mol. The normalized spacial score (nSPS) is 21.3. The molecule has 0 radical (unpaired) electrons.